The number of amides is 2. The molecule has 0 aliphatic carbocycles. The van der Waals surface area contributed by atoms with Gasteiger partial charge in [-0.3, -0.25) is 14.0 Å². The number of piperidine rings is 1. The van der Waals surface area contributed by atoms with Crippen LogP contribution in [0.1, 0.15) is 28.9 Å². The summed E-state index contributed by atoms with van der Waals surface area (Å²) in [4.78, 5) is 30.6. The van der Waals surface area contributed by atoms with Gasteiger partial charge in [-0.1, -0.05) is 17.7 Å². The van der Waals surface area contributed by atoms with E-state index >= 15 is 0 Å². The Morgan fingerprint density at radius 1 is 1.25 bits per heavy atom. The third kappa shape index (κ3) is 3.80. The highest BCUT2D eigenvalue weighted by molar-refractivity contribution is 6.31. The molecule has 1 N–H and O–H groups in total. The quantitative estimate of drug-likeness (QED) is 0.685. The molecule has 1 aliphatic rings. The van der Waals surface area contributed by atoms with E-state index in [1.807, 2.05) is 28.8 Å². The van der Waals surface area contributed by atoms with Gasteiger partial charge in [-0.15, -0.1) is 0 Å². The third-order valence-electron chi connectivity index (χ3n) is 4.81. The number of nitrogens with one attached hydrogen (secondary N) is 1. The lowest BCUT2D eigenvalue weighted by atomic mass is 10.0. The van der Waals surface area contributed by atoms with E-state index < -0.39 is 0 Å². The molecular formula is C20H19ClN4O3. The Kier molecular flexibility index (Phi) is 5.16. The Labute approximate surface area is 166 Å². The summed E-state index contributed by atoms with van der Waals surface area (Å²) in [6.45, 7) is 1.19. The zero-order chi connectivity index (χ0) is 19.5. The van der Waals surface area contributed by atoms with Crippen LogP contribution >= 0.6 is 11.6 Å². The van der Waals surface area contributed by atoms with Gasteiger partial charge in [0.2, 0.25) is 5.91 Å². The predicted molar refractivity (Wildman–Crippen MR) is 105 cm³/mol. The third-order valence-corrected chi connectivity index (χ3v) is 5.09. The Bertz CT molecular complexity index is 1020. The highest BCUT2D eigenvalue weighted by atomic mass is 35.5. The number of carbonyl (C=O) groups is 2. The molecule has 0 unspecified atom stereocenters. The fourth-order valence-electron chi connectivity index (χ4n) is 3.33. The van der Waals surface area contributed by atoms with Crippen molar-refractivity contribution in [1.82, 2.24) is 19.6 Å². The van der Waals surface area contributed by atoms with E-state index in [0.717, 1.165) is 5.65 Å². The van der Waals surface area contributed by atoms with Crippen LogP contribution in [0.25, 0.3) is 11.7 Å². The van der Waals surface area contributed by atoms with Gasteiger partial charge in [-0.05, 0) is 37.1 Å². The molecule has 1 saturated heterocycles. The lowest BCUT2D eigenvalue weighted by molar-refractivity contribution is -0.117. The summed E-state index contributed by atoms with van der Waals surface area (Å²) >= 11 is 6.17. The highest BCUT2D eigenvalue weighted by Gasteiger charge is 2.24. The molecule has 0 aromatic carbocycles. The van der Waals surface area contributed by atoms with E-state index in [2.05, 4.69) is 10.3 Å². The second-order valence-electron chi connectivity index (χ2n) is 6.64. The molecule has 0 atom stereocenters. The van der Waals surface area contributed by atoms with Gasteiger partial charge in [0.05, 0.1) is 17.5 Å². The number of aromatic nitrogens is 2. The van der Waals surface area contributed by atoms with Crippen LogP contribution in [0.4, 0.5) is 0 Å². The molecule has 8 heteroatoms. The van der Waals surface area contributed by atoms with Crippen LogP contribution in [0.2, 0.25) is 5.15 Å². The molecule has 1 aliphatic heterocycles. The van der Waals surface area contributed by atoms with Crippen molar-refractivity contribution in [1.29, 1.82) is 0 Å². The fourth-order valence-corrected chi connectivity index (χ4v) is 3.58. The van der Waals surface area contributed by atoms with Crippen molar-refractivity contribution in [3.63, 3.8) is 0 Å². The lowest BCUT2D eigenvalue weighted by Gasteiger charge is -2.32. The summed E-state index contributed by atoms with van der Waals surface area (Å²) in [7, 11) is 0. The van der Waals surface area contributed by atoms with Gasteiger partial charge < -0.3 is 14.6 Å². The van der Waals surface area contributed by atoms with Gasteiger partial charge in [0.1, 0.15) is 11.9 Å². The molecule has 0 bridgehead atoms. The number of hydrogen-bond acceptors (Lipinski definition) is 4. The van der Waals surface area contributed by atoms with E-state index in [9.17, 15) is 9.59 Å². The van der Waals surface area contributed by atoms with Crippen LogP contribution in [0, 0.1) is 0 Å². The molecule has 0 saturated carbocycles. The molecule has 4 rings (SSSR count). The SMILES string of the molecule is O=C(/C=C/c1c(Cl)nc2ccccn12)NC1CCN(C(=O)c2ccoc2)CC1. The van der Waals surface area contributed by atoms with Gasteiger partial charge in [-0.25, -0.2) is 4.98 Å². The van der Waals surface area contributed by atoms with Crippen LogP contribution in [-0.2, 0) is 4.79 Å². The maximum atomic E-state index is 12.3. The lowest BCUT2D eigenvalue weighted by Crippen LogP contribution is -2.46. The zero-order valence-electron chi connectivity index (χ0n) is 15.0. The second kappa shape index (κ2) is 7.90. The van der Waals surface area contributed by atoms with Crippen molar-refractivity contribution >= 4 is 35.1 Å². The van der Waals surface area contributed by atoms with Crippen LogP contribution < -0.4 is 5.32 Å². The van der Waals surface area contributed by atoms with Crippen LogP contribution in [-0.4, -0.2) is 45.2 Å². The van der Waals surface area contributed by atoms with E-state index in [-0.39, 0.29) is 17.9 Å². The van der Waals surface area contributed by atoms with Gasteiger partial charge in [0, 0.05) is 31.4 Å². The number of fused-ring (bicyclic) bond motifs is 1. The summed E-state index contributed by atoms with van der Waals surface area (Å²) in [6, 6.07) is 7.29. The van der Waals surface area contributed by atoms with Crippen molar-refractivity contribution in [2.24, 2.45) is 0 Å². The Morgan fingerprint density at radius 3 is 2.82 bits per heavy atom. The minimum Gasteiger partial charge on any atom is -0.472 e. The number of rotatable bonds is 4. The zero-order valence-corrected chi connectivity index (χ0v) is 15.8. The van der Waals surface area contributed by atoms with Crippen LogP contribution in [0.3, 0.4) is 0 Å². The smallest absolute Gasteiger partial charge is 0.257 e. The Balaban J connectivity index is 1.33. The first-order valence-corrected chi connectivity index (χ1v) is 9.42. The summed E-state index contributed by atoms with van der Waals surface area (Å²) < 4.78 is 6.79. The second-order valence-corrected chi connectivity index (χ2v) is 7.00. The van der Waals surface area contributed by atoms with Crippen LogP contribution in [0.5, 0.6) is 0 Å². The highest BCUT2D eigenvalue weighted by Crippen LogP contribution is 2.19. The molecule has 4 heterocycles. The molecule has 7 nitrogen and oxygen atoms in total. The Hall–Kier alpha value is -3.06. The number of likely N-dealkylation sites (tertiary alicyclic amines) is 1. The molecule has 2 amide bonds. The summed E-state index contributed by atoms with van der Waals surface area (Å²) in [5.74, 6) is -0.234. The normalized spacial score (nSPS) is 15.4. The molecule has 1 fully saturated rings. The summed E-state index contributed by atoms with van der Waals surface area (Å²) in [5.41, 5.74) is 1.94. The van der Waals surface area contributed by atoms with Gasteiger partial charge in [-0.2, -0.15) is 0 Å². The first-order chi connectivity index (χ1) is 13.6. The number of imidazole rings is 1. The first-order valence-electron chi connectivity index (χ1n) is 9.04. The molecule has 3 aromatic rings. The van der Waals surface area contributed by atoms with Crippen molar-refractivity contribution in [2.45, 2.75) is 18.9 Å². The summed E-state index contributed by atoms with van der Waals surface area (Å²) in [6.07, 6.45) is 9.33. The van der Waals surface area contributed by atoms with Crippen molar-refractivity contribution in [3.8, 4) is 0 Å². The predicted octanol–water partition coefficient (Wildman–Crippen LogP) is 3.01. The molecule has 144 valence electrons. The molecular weight excluding hydrogens is 380 g/mol. The van der Waals surface area contributed by atoms with Crippen molar-refractivity contribution in [2.75, 3.05) is 13.1 Å². The Morgan fingerprint density at radius 2 is 2.07 bits per heavy atom. The first kappa shape index (κ1) is 18.3. The topological polar surface area (TPSA) is 79.9 Å². The maximum Gasteiger partial charge on any atom is 0.257 e. The number of carbonyl (C=O) groups excluding carboxylic acids is 2. The van der Waals surface area contributed by atoms with E-state index in [1.165, 1.54) is 18.6 Å². The maximum absolute atomic E-state index is 12.3. The number of furan rings is 1. The average Bonchev–Trinajstić information content (AvgIpc) is 3.34. The van der Waals surface area contributed by atoms with E-state index in [4.69, 9.17) is 16.0 Å². The minimum atomic E-state index is -0.193. The minimum absolute atomic E-state index is 0.0307. The number of halogens is 1. The van der Waals surface area contributed by atoms with Crippen LogP contribution in [0.15, 0.2) is 53.5 Å². The number of hydrogen-bond donors (Lipinski definition) is 1. The number of nitrogens with zero attached hydrogens (tertiary/aromatic N) is 3. The monoisotopic (exact) mass is 398 g/mol. The molecule has 28 heavy (non-hydrogen) atoms. The average molecular weight is 399 g/mol. The molecule has 3 aromatic heterocycles. The fraction of sp³-hybridized carbons (Fsp3) is 0.250. The van der Waals surface area contributed by atoms with Crippen molar-refractivity contribution < 1.29 is 14.0 Å². The number of pyridine rings is 1. The van der Waals surface area contributed by atoms with Crippen molar-refractivity contribution in [3.05, 3.63) is 65.5 Å². The molecule has 0 spiro atoms. The van der Waals surface area contributed by atoms with Gasteiger partial charge in [0.15, 0.2) is 5.15 Å². The van der Waals surface area contributed by atoms with Gasteiger partial charge in [0.25, 0.3) is 5.91 Å². The molecule has 0 radical (unpaired) electrons. The van der Waals surface area contributed by atoms with Gasteiger partial charge >= 0.3 is 0 Å². The largest absolute Gasteiger partial charge is 0.472 e. The standard InChI is InChI=1S/C20H19ClN4O3/c21-19-16(25-9-2-1-3-17(25)23-19)4-5-18(26)22-15-6-10-24(11-7-15)20(27)14-8-12-28-13-14/h1-5,8-9,12-13,15H,6-7,10-11H2,(H,22,26)/b5-4+. The summed E-state index contributed by atoms with van der Waals surface area (Å²) in [5, 5.41) is 3.34. The van der Waals surface area contributed by atoms with E-state index in [1.54, 1.807) is 17.0 Å². The van der Waals surface area contributed by atoms with E-state index in [0.29, 0.717) is 42.3 Å².